The Hall–Kier alpha value is -1.29. The first kappa shape index (κ1) is 19.7. The van der Waals surface area contributed by atoms with Gasteiger partial charge < -0.3 is 9.84 Å². The Balaban J connectivity index is 0.00000191. The van der Waals surface area contributed by atoms with E-state index in [0.29, 0.717) is 12.3 Å². The van der Waals surface area contributed by atoms with Crippen molar-refractivity contribution in [3.63, 3.8) is 0 Å². The fraction of sp³-hybridized carbons (Fsp3) is 0.706. The van der Waals surface area contributed by atoms with Crippen molar-refractivity contribution >= 4 is 5.97 Å². The van der Waals surface area contributed by atoms with Crippen LogP contribution in [0.4, 0.5) is 0 Å². The molecule has 1 saturated heterocycles. The summed E-state index contributed by atoms with van der Waals surface area (Å²) in [7, 11) is 0. The highest BCUT2D eigenvalue weighted by molar-refractivity contribution is 5.83. The summed E-state index contributed by atoms with van der Waals surface area (Å²) < 4.78 is 5.17. The monoisotopic (exact) mass is 297 g/mol. The number of ether oxygens (including phenoxy) is 1. The van der Waals surface area contributed by atoms with Crippen LogP contribution in [0.25, 0.3) is 0 Å². The van der Waals surface area contributed by atoms with E-state index in [-0.39, 0.29) is 16.8 Å². The largest absolute Gasteiger partial charge is 0.475 e. The molecule has 0 aliphatic carbocycles. The third-order valence-electron chi connectivity index (χ3n) is 3.88. The van der Waals surface area contributed by atoms with Crippen LogP contribution in [0, 0.1) is 0 Å². The number of piperidine rings is 1. The molecule has 4 heteroatoms. The highest BCUT2D eigenvalue weighted by Crippen LogP contribution is 2.38. The van der Waals surface area contributed by atoms with Gasteiger partial charge in [-0.15, -0.1) is 0 Å². The van der Waals surface area contributed by atoms with E-state index < -0.39 is 5.97 Å². The smallest absolute Gasteiger partial charge is 0.371 e. The number of nitrogens with zero attached hydrogens (tertiary/aromatic N) is 1. The molecule has 0 bridgehead atoms. The Morgan fingerprint density at radius 1 is 1.14 bits per heavy atom. The van der Waals surface area contributed by atoms with Gasteiger partial charge in [0.15, 0.2) is 0 Å². The van der Waals surface area contributed by atoms with Crippen molar-refractivity contribution in [3.8, 4) is 0 Å². The van der Waals surface area contributed by atoms with Gasteiger partial charge in [0.2, 0.25) is 5.76 Å². The minimum absolute atomic E-state index is 0.0542. The number of carbonyl (C=O) groups is 1. The van der Waals surface area contributed by atoms with E-state index >= 15 is 0 Å². The van der Waals surface area contributed by atoms with Crippen LogP contribution in [-0.4, -0.2) is 33.6 Å². The van der Waals surface area contributed by atoms with E-state index in [9.17, 15) is 4.79 Å². The van der Waals surface area contributed by atoms with Crippen molar-refractivity contribution < 1.29 is 14.6 Å². The van der Waals surface area contributed by atoms with E-state index in [1.54, 1.807) is 0 Å². The number of hydrogen-bond donors (Lipinski definition) is 1. The molecule has 122 valence electrons. The van der Waals surface area contributed by atoms with E-state index in [4.69, 9.17) is 9.84 Å². The zero-order valence-corrected chi connectivity index (χ0v) is 14.5. The molecule has 0 aromatic heterocycles. The highest BCUT2D eigenvalue weighted by Gasteiger charge is 2.41. The second-order valence-corrected chi connectivity index (χ2v) is 6.43. The van der Waals surface area contributed by atoms with Crippen LogP contribution in [0.5, 0.6) is 0 Å². The van der Waals surface area contributed by atoms with Crippen LogP contribution in [0.2, 0.25) is 0 Å². The molecule has 1 heterocycles. The van der Waals surface area contributed by atoms with Crippen LogP contribution in [0.3, 0.4) is 0 Å². The predicted molar refractivity (Wildman–Crippen MR) is 87.1 cm³/mol. The molecule has 1 aliphatic rings. The van der Waals surface area contributed by atoms with E-state index in [0.717, 1.165) is 12.8 Å². The summed E-state index contributed by atoms with van der Waals surface area (Å²) in [6.45, 7) is 20.5. The first-order valence-corrected chi connectivity index (χ1v) is 7.62. The molecular formula is C17H31NO3. The van der Waals surface area contributed by atoms with Gasteiger partial charge in [0, 0.05) is 11.1 Å². The van der Waals surface area contributed by atoms with Crippen molar-refractivity contribution in [1.82, 2.24) is 4.90 Å². The lowest BCUT2D eigenvalue weighted by molar-refractivity contribution is -0.136. The third-order valence-corrected chi connectivity index (χ3v) is 3.88. The summed E-state index contributed by atoms with van der Waals surface area (Å²) in [5.41, 5.74) is 0.108. The Labute approximate surface area is 129 Å². The van der Waals surface area contributed by atoms with Gasteiger partial charge in [0.05, 0.1) is 6.54 Å². The van der Waals surface area contributed by atoms with Crippen molar-refractivity contribution in [2.45, 2.75) is 71.9 Å². The third kappa shape index (κ3) is 5.54. The van der Waals surface area contributed by atoms with Gasteiger partial charge in [-0.05, 0) is 53.5 Å². The van der Waals surface area contributed by atoms with E-state index in [2.05, 4.69) is 45.8 Å². The molecule has 0 aromatic carbocycles. The number of carboxylic acids is 1. The molecule has 1 N–H and O–H groups in total. The van der Waals surface area contributed by atoms with Gasteiger partial charge >= 0.3 is 5.97 Å². The molecule has 0 saturated carbocycles. The summed E-state index contributed by atoms with van der Waals surface area (Å²) >= 11 is 0. The zero-order valence-electron chi connectivity index (χ0n) is 14.5. The number of carboxylic acid groups (broad SMARTS) is 1. The first-order valence-electron chi connectivity index (χ1n) is 7.62. The summed E-state index contributed by atoms with van der Waals surface area (Å²) in [5, 5.41) is 8.76. The van der Waals surface area contributed by atoms with Gasteiger partial charge in [-0.1, -0.05) is 20.4 Å². The van der Waals surface area contributed by atoms with Crippen molar-refractivity contribution in [3.05, 3.63) is 24.7 Å². The molecule has 0 spiro atoms. The second-order valence-electron chi connectivity index (χ2n) is 6.43. The lowest BCUT2D eigenvalue weighted by Gasteiger charge is -2.53. The molecule has 21 heavy (non-hydrogen) atoms. The maximum atomic E-state index is 10.7. The quantitative estimate of drug-likeness (QED) is 0.611. The summed E-state index contributed by atoms with van der Waals surface area (Å²) in [6.07, 6.45) is 3.43. The highest BCUT2D eigenvalue weighted by atomic mass is 16.5. The van der Waals surface area contributed by atoms with E-state index in [1.165, 1.54) is 6.42 Å². The fourth-order valence-corrected chi connectivity index (χ4v) is 2.90. The number of likely N-dealkylation sites (tertiary alicyclic amines) is 1. The average Bonchev–Trinajstić information content (AvgIpc) is 2.36. The Morgan fingerprint density at radius 2 is 1.57 bits per heavy atom. The molecule has 1 aliphatic heterocycles. The SMILES string of the molecule is C=C(CN1C(C)(C)CCCC1(C)C)OC(=C)C(=O)O.CC. The fourth-order valence-electron chi connectivity index (χ4n) is 2.90. The normalized spacial score (nSPS) is 19.9. The predicted octanol–water partition coefficient (Wildman–Crippen LogP) is 4.18. The lowest BCUT2D eigenvalue weighted by atomic mass is 9.80. The summed E-state index contributed by atoms with van der Waals surface area (Å²) in [4.78, 5) is 13.0. The molecule has 4 nitrogen and oxygen atoms in total. The Kier molecular flexibility index (Phi) is 7.17. The zero-order chi connectivity index (χ0) is 16.8. The van der Waals surface area contributed by atoms with Crippen LogP contribution in [0.1, 0.15) is 60.8 Å². The molecular weight excluding hydrogens is 266 g/mol. The standard InChI is InChI=1S/C15H25NO3.C2H6/c1-11(19-12(2)13(17)18)10-16-14(3,4)8-7-9-15(16,5)6;1-2/h1-2,7-10H2,3-6H3,(H,17,18);1-2H3. The van der Waals surface area contributed by atoms with Gasteiger partial charge in [-0.25, -0.2) is 4.79 Å². The molecule has 1 fully saturated rings. The maximum absolute atomic E-state index is 10.7. The average molecular weight is 297 g/mol. The summed E-state index contributed by atoms with van der Waals surface area (Å²) in [6, 6.07) is 0. The topological polar surface area (TPSA) is 49.8 Å². The lowest BCUT2D eigenvalue weighted by Crippen LogP contribution is -2.59. The van der Waals surface area contributed by atoms with Gasteiger partial charge in [0.25, 0.3) is 0 Å². The van der Waals surface area contributed by atoms with Gasteiger partial charge in [-0.3, -0.25) is 4.90 Å². The van der Waals surface area contributed by atoms with Crippen LogP contribution in [0.15, 0.2) is 24.7 Å². The molecule has 0 atom stereocenters. The van der Waals surface area contributed by atoms with Crippen LogP contribution < -0.4 is 0 Å². The maximum Gasteiger partial charge on any atom is 0.371 e. The van der Waals surface area contributed by atoms with Crippen molar-refractivity contribution in [1.29, 1.82) is 0 Å². The number of rotatable bonds is 5. The number of hydrogen-bond acceptors (Lipinski definition) is 3. The molecule has 0 radical (unpaired) electrons. The summed E-state index contributed by atoms with van der Waals surface area (Å²) in [5.74, 6) is -1.01. The second kappa shape index (κ2) is 7.64. The van der Waals surface area contributed by atoms with Crippen molar-refractivity contribution in [2.75, 3.05) is 6.54 Å². The Morgan fingerprint density at radius 3 is 1.95 bits per heavy atom. The van der Waals surface area contributed by atoms with Gasteiger partial charge in [0.1, 0.15) is 5.76 Å². The molecule has 0 unspecified atom stereocenters. The Bertz CT molecular complexity index is 381. The van der Waals surface area contributed by atoms with Crippen LogP contribution in [-0.2, 0) is 9.53 Å². The van der Waals surface area contributed by atoms with Crippen LogP contribution >= 0.6 is 0 Å². The molecule has 1 rings (SSSR count). The molecule has 0 aromatic rings. The first-order chi connectivity index (χ1) is 9.56. The minimum atomic E-state index is -1.15. The van der Waals surface area contributed by atoms with Crippen molar-refractivity contribution in [2.24, 2.45) is 0 Å². The molecule has 0 amide bonds. The van der Waals surface area contributed by atoms with Gasteiger partial charge in [-0.2, -0.15) is 0 Å². The minimum Gasteiger partial charge on any atom is -0.475 e. The van der Waals surface area contributed by atoms with E-state index in [1.807, 2.05) is 13.8 Å². The number of aliphatic carboxylic acids is 1.